The van der Waals surface area contributed by atoms with Crippen LogP contribution in [0, 0.1) is 12.8 Å². The first kappa shape index (κ1) is 26.9. The quantitative estimate of drug-likeness (QED) is 0.279. The first-order chi connectivity index (χ1) is 16.4. The lowest BCUT2D eigenvalue weighted by molar-refractivity contribution is 0.175. The number of aromatic nitrogens is 1. The molecule has 0 bridgehead atoms. The van der Waals surface area contributed by atoms with E-state index in [1.807, 2.05) is 13.2 Å². The van der Waals surface area contributed by atoms with Gasteiger partial charge in [0, 0.05) is 23.2 Å². The van der Waals surface area contributed by atoms with Crippen molar-refractivity contribution in [3.63, 3.8) is 0 Å². The molecule has 2 amide bonds. The Kier molecular flexibility index (Phi) is 10.6. The van der Waals surface area contributed by atoms with Gasteiger partial charge in [0.25, 0.3) is 0 Å². The zero-order valence-electron chi connectivity index (χ0n) is 21.5. The summed E-state index contributed by atoms with van der Waals surface area (Å²) in [6, 6.07) is 11.2. The van der Waals surface area contributed by atoms with E-state index in [-0.39, 0.29) is 12.1 Å². The monoisotopic (exact) mass is 499 g/mol. The second-order valence-electron chi connectivity index (χ2n) is 9.80. The Hall–Kier alpha value is -1.66. The van der Waals surface area contributed by atoms with Gasteiger partial charge < -0.3 is 10.2 Å². The molecule has 0 unspecified atom stereocenters. The average molecular weight is 500 g/mol. The first-order valence-corrected chi connectivity index (χ1v) is 15.1. The van der Waals surface area contributed by atoms with Crippen molar-refractivity contribution in [2.75, 3.05) is 17.8 Å². The van der Waals surface area contributed by atoms with Gasteiger partial charge in [-0.2, -0.15) is 0 Å². The van der Waals surface area contributed by atoms with Gasteiger partial charge in [0.2, 0.25) is 0 Å². The smallest absolute Gasteiger partial charge is 0.317 e. The molecule has 4 nitrogen and oxygen atoms in total. The number of hydrogen-bond donors (Lipinski definition) is 1. The van der Waals surface area contributed by atoms with E-state index < -0.39 is 0 Å². The summed E-state index contributed by atoms with van der Waals surface area (Å²) in [6.45, 7) is 7.19. The van der Waals surface area contributed by atoms with E-state index in [0.29, 0.717) is 12.5 Å². The zero-order valence-corrected chi connectivity index (χ0v) is 23.2. The molecular weight excluding hydrogens is 458 g/mol. The van der Waals surface area contributed by atoms with E-state index in [2.05, 4.69) is 65.6 Å². The van der Waals surface area contributed by atoms with Crippen LogP contribution in [0.3, 0.4) is 0 Å². The van der Waals surface area contributed by atoms with Crippen molar-refractivity contribution in [3.05, 3.63) is 47.2 Å². The molecule has 1 fully saturated rings. The maximum absolute atomic E-state index is 13.8. The number of rotatable bonds is 9. The molecule has 1 aromatic heterocycles. The van der Waals surface area contributed by atoms with Gasteiger partial charge in [-0.1, -0.05) is 63.8 Å². The Labute approximate surface area is 215 Å². The number of pyridine rings is 1. The maximum atomic E-state index is 13.8. The fraction of sp³-hybridized carbons (Fsp3) is 0.571. The van der Waals surface area contributed by atoms with Crippen LogP contribution in [0.2, 0.25) is 0 Å². The lowest BCUT2D eigenvalue weighted by Gasteiger charge is -2.32. The number of nitrogens with one attached hydrogen (secondary N) is 1. The molecule has 0 aliphatic heterocycles. The number of urea groups is 1. The number of benzene rings is 1. The van der Waals surface area contributed by atoms with Crippen LogP contribution in [0.5, 0.6) is 0 Å². The molecule has 1 heterocycles. The fourth-order valence-electron chi connectivity index (χ4n) is 4.62. The van der Waals surface area contributed by atoms with Crippen LogP contribution >= 0.6 is 23.5 Å². The summed E-state index contributed by atoms with van der Waals surface area (Å²) in [6.07, 6.45) is 13.5. The molecule has 0 spiro atoms. The summed E-state index contributed by atoms with van der Waals surface area (Å²) in [7, 11) is 0. The lowest BCUT2D eigenvalue weighted by Crippen LogP contribution is -2.42. The van der Waals surface area contributed by atoms with Crippen LogP contribution in [0.4, 0.5) is 10.5 Å². The molecule has 0 saturated heterocycles. The van der Waals surface area contributed by atoms with Gasteiger partial charge in [-0.3, -0.25) is 0 Å². The highest BCUT2D eigenvalue weighted by Crippen LogP contribution is 2.34. The van der Waals surface area contributed by atoms with Crippen molar-refractivity contribution < 1.29 is 4.79 Å². The van der Waals surface area contributed by atoms with Crippen LogP contribution in [0.1, 0.15) is 75.6 Å². The zero-order chi connectivity index (χ0) is 24.5. The van der Waals surface area contributed by atoms with E-state index in [9.17, 15) is 4.79 Å². The maximum Gasteiger partial charge on any atom is 0.322 e. The Morgan fingerprint density at radius 1 is 1.06 bits per heavy atom. The minimum Gasteiger partial charge on any atom is -0.317 e. The molecule has 1 N–H and O–H groups in total. The van der Waals surface area contributed by atoms with E-state index in [1.54, 1.807) is 23.5 Å². The van der Waals surface area contributed by atoms with Crippen LogP contribution in [-0.2, 0) is 13.0 Å². The lowest BCUT2D eigenvalue weighted by atomic mass is 10.0. The Bertz CT molecular complexity index is 897. The standard InChI is InChI=1S/C28H41N3OS2/c1-20(2)12-13-22-14-16-23(17-15-22)19-31(24-10-8-6-7-9-11-24)28(32)30-26-25(33-4)18-21(3)29-27(26)34-5/h14-18,20,24H,6-13,19H2,1-5H3,(H,30,32). The highest BCUT2D eigenvalue weighted by Gasteiger charge is 2.26. The van der Waals surface area contributed by atoms with E-state index in [0.717, 1.165) is 40.6 Å². The summed E-state index contributed by atoms with van der Waals surface area (Å²) in [5, 5.41) is 4.16. The average Bonchev–Trinajstić information content (AvgIpc) is 3.12. The van der Waals surface area contributed by atoms with Gasteiger partial charge >= 0.3 is 6.03 Å². The highest BCUT2D eigenvalue weighted by molar-refractivity contribution is 7.99. The van der Waals surface area contributed by atoms with Gasteiger partial charge in [0.1, 0.15) is 5.03 Å². The van der Waals surface area contributed by atoms with Crippen molar-refractivity contribution in [2.45, 2.75) is 94.6 Å². The molecule has 1 aliphatic rings. The molecule has 6 heteroatoms. The van der Waals surface area contributed by atoms with E-state index in [4.69, 9.17) is 0 Å². The van der Waals surface area contributed by atoms with Crippen LogP contribution < -0.4 is 5.32 Å². The second kappa shape index (κ2) is 13.4. The number of thioether (sulfide) groups is 2. The molecular formula is C28H41N3OS2. The van der Waals surface area contributed by atoms with Crippen molar-refractivity contribution in [2.24, 2.45) is 5.92 Å². The predicted molar refractivity (Wildman–Crippen MR) is 148 cm³/mol. The SMILES string of the molecule is CSc1cc(C)nc(SC)c1NC(=O)N(Cc1ccc(CCC(C)C)cc1)C1CCCCCC1. The van der Waals surface area contributed by atoms with Crippen molar-refractivity contribution in [1.29, 1.82) is 0 Å². The summed E-state index contributed by atoms with van der Waals surface area (Å²) >= 11 is 3.24. The fourth-order valence-corrected chi connectivity index (χ4v) is 5.92. The van der Waals surface area contributed by atoms with Crippen LogP contribution in [0.15, 0.2) is 40.3 Å². The summed E-state index contributed by atoms with van der Waals surface area (Å²) in [5.41, 5.74) is 4.40. The molecule has 0 atom stereocenters. The van der Waals surface area contributed by atoms with Gasteiger partial charge in [0.05, 0.1) is 5.69 Å². The Morgan fingerprint density at radius 3 is 2.29 bits per heavy atom. The number of carbonyl (C=O) groups is 1. The number of aryl methyl sites for hydroxylation is 2. The molecule has 3 rings (SSSR count). The van der Waals surface area contributed by atoms with Gasteiger partial charge in [-0.25, -0.2) is 9.78 Å². The van der Waals surface area contributed by atoms with E-state index in [1.165, 1.54) is 43.2 Å². The number of anilines is 1. The van der Waals surface area contributed by atoms with Gasteiger partial charge in [0.15, 0.2) is 0 Å². The highest BCUT2D eigenvalue weighted by atomic mass is 32.2. The Balaban J connectivity index is 1.83. The van der Waals surface area contributed by atoms with Crippen molar-refractivity contribution in [1.82, 2.24) is 9.88 Å². The normalized spacial score (nSPS) is 14.8. The number of carbonyl (C=O) groups excluding carboxylic acids is 1. The molecule has 34 heavy (non-hydrogen) atoms. The number of hydrogen-bond acceptors (Lipinski definition) is 4. The third-order valence-electron chi connectivity index (χ3n) is 6.64. The molecule has 186 valence electrons. The minimum absolute atomic E-state index is 0.00737. The molecule has 1 aliphatic carbocycles. The largest absolute Gasteiger partial charge is 0.322 e. The molecule has 2 aromatic rings. The van der Waals surface area contributed by atoms with Crippen LogP contribution in [-0.4, -0.2) is 34.5 Å². The number of nitrogens with zero attached hydrogens (tertiary/aromatic N) is 2. The summed E-state index contributed by atoms with van der Waals surface area (Å²) in [4.78, 5) is 21.6. The van der Waals surface area contributed by atoms with Crippen molar-refractivity contribution in [3.8, 4) is 0 Å². The van der Waals surface area contributed by atoms with E-state index >= 15 is 0 Å². The minimum atomic E-state index is -0.00737. The Morgan fingerprint density at radius 2 is 1.71 bits per heavy atom. The van der Waals surface area contributed by atoms with Gasteiger partial charge in [-0.05, 0) is 68.2 Å². The molecule has 0 radical (unpaired) electrons. The number of amides is 2. The van der Waals surface area contributed by atoms with Crippen LogP contribution in [0.25, 0.3) is 0 Å². The third-order valence-corrected chi connectivity index (χ3v) is 8.08. The second-order valence-corrected chi connectivity index (χ2v) is 11.4. The first-order valence-electron chi connectivity index (χ1n) is 12.7. The molecule has 1 aromatic carbocycles. The topological polar surface area (TPSA) is 45.2 Å². The van der Waals surface area contributed by atoms with Crippen molar-refractivity contribution >= 4 is 35.2 Å². The summed E-state index contributed by atoms with van der Waals surface area (Å²) in [5.74, 6) is 0.711. The molecule has 1 saturated carbocycles. The van der Waals surface area contributed by atoms with Gasteiger partial charge in [-0.15, -0.1) is 23.5 Å². The third kappa shape index (κ3) is 7.67. The summed E-state index contributed by atoms with van der Waals surface area (Å²) < 4.78 is 0. The predicted octanol–water partition coefficient (Wildman–Crippen LogP) is 8.18.